The molecule has 1 unspecified atom stereocenters. The molecule has 1 saturated heterocycles. The molecule has 7 nitrogen and oxygen atoms in total. The van der Waals surface area contributed by atoms with E-state index in [2.05, 4.69) is 65.0 Å². The third-order valence-corrected chi connectivity index (χ3v) is 6.42. The monoisotopic (exact) mass is 412 g/mol. The second-order valence-corrected chi connectivity index (χ2v) is 8.11. The summed E-state index contributed by atoms with van der Waals surface area (Å²) in [5, 5.41) is 15.5. The third kappa shape index (κ3) is 5.39. The van der Waals surface area contributed by atoms with Crippen LogP contribution in [-0.2, 0) is 23.7 Å². The molecule has 2 aromatic rings. The summed E-state index contributed by atoms with van der Waals surface area (Å²) in [6, 6.07) is 10.8. The fraction of sp³-hybridized carbons (Fsp3) is 0.609. The summed E-state index contributed by atoms with van der Waals surface area (Å²) < 4.78 is 7.75. The predicted molar refractivity (Wildman–Crippen MR) is 121 cm³/mol. The van der Waals surface area contributed by atoms with Gasteiger partial charge in [0.2, 0.25) is 0 Å². The van der Waals surface area contributed by atoms with E-state index in [4.69, 9.17) is 9.73 Å². The lowest BCUT2D eigenvalue weighted by molar-refractivity contribution is 0.113. The van der Waals surface area contributed by atoms with Crippen LogP contribution in [0.1, 0.15) is 56.7 Å². The Kier molecular flexibility index (Phi) is 7.85. The SMILES string of the molecule is CCC(CC)(CNC(=NCc1nnc(C)n1C)NCC1CCCO1)c1ccccc1. The first-order chi connectivity index (χ1) is 14.6. The zero-order valence-corrected chi connectivity index (χ0v) is 18.8. The molecule has 0 aliphatic carbocycles. The largest absolute Gasteiger partial charge is 0.376 e. The maximum Gasteiger partial charge on any atom is 0.191 e. The standard InChI is InChI=1S/C23H36N6O/c1-5-23(6-2,19-11-8-7-9-12-19)17-26-22(24-15-20-13-10-14-30-20)25-16-21-28-27-18(3)29(21)4/h7-9,11-12,20H,5-6,10,13-17H2,1-4H3,(H2,24,25,26). The number of hydrogen-bond donors (Lipinski definition) is 2. The van der Waals surface area contributed by atoms with E-state index in [0.717, 1.165) is 63.0 Å². The van der Waals surface area contributed by atoms with E-state index in [1.807, 2.05) is 18.5 Å². The van der Waals surface area contributed by atoms with Gasteiger partial charge in [0.15, 0.2) is 11.8 Å². The molecule has 1 aromatic carbocycles. The molecular formula is C23H36N6O. The van der Waals surface area contributed by atoms with Crippen molar-refractivity contribution in [2.24, 2.45) is 12.0 Å². The summed E-state index contributed by atoms with van der Waals surface area (Å²) in [4.78, 5) is 4.81. The lowest BCUT2D eigenvalue weighted by Gasteiger charge is -2.33. The van der Waals surface area contributed by atoms with Crippen LogP contribution in [0.3, 0.4) is 0 Å². The van der Waals surface area contributed by atoms with Gasteiger partial charge < -0.3 is 19.9 Å². The van der Waals surface area contributed by atoms with E-state index in [1.165, 1.54) is 5.56 Å². The van der Waals surface area contributed by atoms with Gasteiger partial charge in [-0.25, -0.2) is 4.99 Å². The van der Waals surface area contributed by atoms with Crippen LogP contribution >= 0.6 is 0 Å². The molecule has 0 bridgehead atoms. The van der Waals surface area contributed by atoms with Gasteiger partial charge >= 0.3 is 0 Å². The van der Waals surface area contributed by atoms with E-state index in [9.17, 15) is 0 Å². The Morgan fingerprint density at radius 1 is 1.20 bits per heavy atom. The molecule has 2 N–H and O–H groups in total. The number of benzene rings is 1. The molecule has 0 saturated carbocycles. The van der Waals surface area contributed by atoms with Crippen LogP contribution in [0, 0.1) is 6.92 Å². The highest BCUT2D eigenvalue weighted by Crippen LogP contribution is 2.30. The molecule has 164 valence electrons. The maximum atomic E-state index is 5.77. The zero-order chi connectivity index (χ0) is 21.4. The summed E-state index contributed by atoms with van der Waals surface area (Å²) >= 11 is 0. The molecule has 0 amide bonds. The number of rotatable bonds is 9. The van der Waals surface area contributed by atoms with E-state index in [1.54, 1.807) is 0 Å². The molecule has 30 heavy (non-hydrogen) atoms. The van der Waals surface area contributed by atoms with Gasteiger partial charge in [-0.15, -0.1) is 10.2 Å². The molecule has 0 radical (unpaired) electrons. The third-order valence-electron chi connectivity index (χ3n) is 6.42. The molecule has 1 aromatic heterocycles. The Balaban J connectivity index is 1.72. The van der Waals surface area contributed by atoms with Gasteiger partial charge in [0.05, 0.1) is 6.10 Å². The highest BCUT2D eigenvalue weighted by Gasteiger charge is 2.28. The van der Waals surface area contributed by atoms with E-state index in [0.29, 0.717) is 6.54 Å². The van der Waals surface area contributed by atoms with Gasteiger partial charge in [-0.1, -0.05) is 44.2 Å². The van der Waals surface area contributed by atoms with Gasteiger partial charge in [-0.3, -0.25) is 0 Å². The van der Waals surface area contributed by atoms with Crippen molar-refractivity contribution in [1.82, 2.24) is 25.4 Å². The zero-order valence-electron chi connectivity index (χ0n) is 18.8. The molecule has 0 spiro atoms. The van der Waals surface area contributed by atoms with Crippen LogP contribution < -0.4 is 10.6 Å². The van der Waals surface area contributed by atoms with E-state index >= 15 is 0 Å². The first kappa shape index (κ1) is 22.3. The minimum atomic E-state index is 0.0644. The summed E-state index contributed by atoms with van der Waals surface area (Å²) in [6.07, 6.45) is 4.60. The Hall–Kier alpha value is -2.41. The number of nitrogens with zero attached hydrogens (tertiary/aromatic N) is 4. The molecule has 1 aliphatic rings. The van der Waals surface area contributed by atoms with Crippen molar-refractivity contribution in [3.05, 3.63) is 47.5 Å². The van der Waals surface area contributed by atoms with Crippen LogP contribution in [0.25, 0.3) is 0 Å². The molecular weight excluding hydrogens is 376 g/mol. The Bertz CT molecular complexity index is 806. The Labute approximate surface area is 180 Å². The molecule has 7 heteroatoms. The van der Waals surface area contributed by atoms with Gasteiger partial charge in [0.25, 0.3) is 0 Å². The van der Waals surface area contributed by atoms with Crippen LogP contribution in [0.4, 0.5) is 0 Å². The van der Waals surface area contributed by atoms with Crippen LogP contribution in [0.2, 0.25) is 0 Å². The second-order valence-electron chi connectivity index (χ2n) is 8.11. The van der Waals surface area contributed by atoms with Gasteiger partial charge in [-0.05, 0) is 38.2 Å². The molecule has 2 heterocycles. The lowest BCUT2D eigenvalue weighted by Crippen LogP contribution is -2.47. The van der Waals surface area contributed by atoms with E-state index < -0.39 is 0 Å². The molecule has 1 atom stereocenters. The summed E-state index contributed by atoms with van der Waals surface area (Å²) in [5.74, 6) is 2.54. The number of guanidine groups is 1. The van der Waals surface area contributed by atoms with Crippen molar-refractivity contribution in [2.75, 3.05) is 19.7 Å². The number of hydrogen-bond acceptors (Lipinski definition) is 4. The van der Waals surface area contributed by atoms with Crippen LogP contribution in [-0.4, -0.2) is 46.5 Å². The van der Waals surface area contributed by atoms with Gasteiger partial charge in [0.1, 0.15) is 12.4 Å². The summed E-state index contributed by atoms with van der Waals surface area (Å²) in [6.45, 7) is 9.39. The number of aryl methyl sites for hydroxylation is 1. The summed E-state index contributed by atoms with van der Waals surface area (Å²) in [7, 11) is 1.97. The van der Waals surface area contributed by atoms with Crippen molar-refractivity contribution in [2.45, 2.75) is 64.5 Å². The number of aliphatic imine (C=N–C) groups is 1. The number of ether oxygens (including phenoxy) is 1. The van der Waals surface area contributed by atoms with Crippen molar-refractivity contribution in [1.29, 1.82) is 0 Å². The van der Waals surface area contributed by atoms with Crippen molar-refractivity contribution >= 4 is 5.96 Å². The first-order valence-corrected chi connectivity index (χ1v) is 11.1. The Morgan fingerprint density at radius 2 is 1.97 bits per heavy atom. The second kappa shape index (κ2) is 10.6. The lowest BCUT2D eigenvalue weighted by atomic mass is 9.76. The molecule has 1 aliphatic heterocycles. The highest BCUT2D eigenvalue weighted by atomic mass is 16.5. The summed E-state index contributed by atoms with van der Waals surface area (Å²) in [5.41, 5.74) is 1.43. The minimum absolute atomic E-state index is 0.0644. The van der Waals surface area contributed by atoms with Crippen LogP contribution in [0.5, 0.6) is 0 Å². The first-order valence-electron chi connectivity index (χ1n) is 11.1. The van der Waals surface area contributed by atoms with Crippen molar-refractivity contribution in [3.63, 3.8) is 0 Å². The average molecular weight is 413 g/mol. The fourth-order valence-electron chi connectivity index (χ4n) is 3.98. The van der Waals surface area contributed by atoms with Gasteiger partial charge in [-0.2, -0.15) is 0 Å². The maximum absolute atomic E-state index is 5.77. The van der Waals surface area contributed by atoms with E-state index in [-0.39, 0.29) is 11.5 Å². The topological polar surface area (TPSA) is 76.4 Å². The number of aromatic nitrogens is 3. The predicted octanol–water partition coefficient (Wildman–Crippen LogP) is 3.10. The quantitative estimate of drug-likeness (QED) is 0.489. The fourth-order valence-corrected chi connectivity index (χ4v) is 3.98. The average Bonchev–Trinajstić information content (AvgIpc) is 3.42. The highest BCUT2D eigenvalue weighted by molar-refractivity contribution is 5.80. The van der Waals surface area contributed by atoms with Gasteiger partial charge in [0, 0.05) is 32.2 Å². The van der Waals surface area contributed by atoms with Crippen molar-refractivity contribution < 1.29 is 4.74 Å². The molecule has 3 rings (SSSR count). The van der Waals surface area contributed by atoms with Crippen molar-refractivity contribution in [3.8, 4) is 0 Å². The molecule has 1 fully saturated rings. The normalized spacial score (nSPS) is 17.3. The smallest absolute Gasteiger partial charge is 0.191 e. The van der Waals surface area contributed by atoms with Crippen LogP contribution in [0.15, 0.2) is 35.3 Å². The Morgan fingerprint density at radius 3 is 2.57 bits per heavy atom. The minimum Gasteiger partial charge on any atom is -0.376 e. The number of nitrogens with one attached hydrogen (secondary N) is 2.